The van der Waals surface area contributed by atoms with E-state index in [-0.39, 0.29) is 5.91 Å². The molecule has 0 bridgehead atoms. The highest BCUT2D eigenvalue weighted by molar-refractivity contribution is 9.09. The van der Waals surface area contributed by atoms with Crippen molar-refractivity contribution in [1.82, 2.24) is 9.78 Å². The van der Waals surface area contributed by atoms with Gasteiger partial charge in [-0.3, -0.25) is 9.48 Å². The summed E-state index contributed by atoms with van der Waals surface area (Å²) in [6, 6.07) is 0. The van der Waals surface area contributed by atoms with E-state index in [1.54, 1.807) is 0 Å². The molecule has 2 rings (SSSR count). The molecule has 0 aliphatic carbocycles. The summed E-state index contributed by atoms with van der Waals surface area (Å²) in [7, 11) is 1.91. The van der Waals surface area contributed by atoms with Crippen molar-refractivity contribution < 1.29 is 4.79 Å². The van der Waals surface area contributed by atoms with Crippen LogP contribution in [0.15, 0.2) is 0 Å². The maximum absolute atomic E-state index is 11.9. The van der Waals surface area contributed by atoms with Gasteiger partial charge in [0, 0.05) is 25.3 Å². The Labute approximate surface area is 104 Å². The van der Waals surface area contributed by atoms with Gasteiger partial charge in [-0.2, -0.15) is 5.10 Å². The second-order valence-corrected chi connectivity index (χ2v) is 5.02. The minimum absolute atomic E-state index is 0.212. The summed E-state index contributed by atoms with van der Waals surface area (Å²) in [5, 5.41) is 5.23. The Hall–Kier alpha value is -0.840. The van der Waals surface area contributed by atoms with Crippen LogP contribution in [0.2, 0.25) is 0 Å². The van der Waals surface area contributed by atoms with Crippen LogP contribution in [0.1, 0.15) is 17.8 Å². The molecule has 1 fully saturated rings. The monoisotopic (exact) mass is 285 g/mol. The SMILES string of the molecule is Cc1nn(C)c(C)c1N1CC(CBr)CC1=O. The Bertz CT molecular complexity index is 427. The quantitative estimate of drug-likeness (QED) is 0.777. The van der Waals surface area contributed by atoms with Gasteiger partial charge in [-0.15, -0.1) is 0 Å². The van der Waals surface area contributed by atoms with Crippen LogP contribution in [0.5, 0.6) is 0 Å². The fourth-order valence-electron chi connectivity index (χ4n) is 2.25. The Morgan fingerprint density at radius 2 is 2.19 bits per heavy atom. The maximum atomic E-state index is 11.9. The Morgan fingerprint density at radius 3 is 2.62 bits per heavy atom. The maximum Gasteiger partial charge on any atom is 0.227 e. The van der Waals surface area contributed by atoms with E-state index in [1.165, 1.54) is 0 Å². The average molecular weight is 286 g/mol. The first kappa shape index (κ1) is 11.6. The third-order valence-corrected chi connectivity index (χ3v) is 4.08. The van der Waals surface area contributed by atoms with Gasteiger partial charge < -0.3 is 4.90 Å². The molecule has 1 aliphatic heterocycles. The molecule has 16 heavy (non-hydrogen) atoms. The smallest absolute Gasteiger partial charge is 0.227 e. The van der Waals surface area contributed by atoms with Gasteiger partial charge in [0.1, 0.15) is 0 Å². The van der Waals surface area contributed by atoms with E-state index in [9.17, 15) is 4.79 Å². The molecule has 88 valence electrons. The lowest BCUT2D eigenvalue weighted by Gasteiger charge is -2.16. The average Bonchev–Trinajstić information content (AvgIpc) is 2.70. The molecule has 1 atom stereocenters. The number of amides is 1. The highest BCUT2D eigenvalue weighted by Crippen LogP contribution is 2.30. The number of nitrogens with zero attached hydrogens (tertiary/aromatic N) is 3. The molecule has 0 saturated carbocycles. The summed E-state index contributed by atoms with van der Waals surface area (Å²) < 4.78 is 1.83. The minimum atomic E-state index is 0.212. The zero-order chi connectivity index (χ0) is 11.9. The van der Waals surface area contributed by atoms with Gasteiger partial charge in [-0.25, -0.2) is 0 Å². The van der Waals surface area contributed by atoms with Gasteiger partial charge in [-0.1, -0.05) is 15.9 Å². The molecule has 0 radical (unpaired) electrons. The van der Waals surface area contributed by atoms with Crippen LogP contribution in [0.3, 0.4) is 0 Å². The molecular formula is C11H16BrN3O. The standard InChI is InChI=1S/C11H16BrN3O/c1-7-11(8(2)14(3)13-7)15-6-9(5-12)4-10(15)16/h9H,4-6H2,1-3H3. The highest BCUT2D eigenvalue weighted by Gasteiger charge is 2.32. The largest absolute Gasteiger partial charge is 0.309 e. The molecule has 2 heterocycles. The van der Waals surface area contributed by atoms with E-state index in [0.29, 0.717) is 12.3 Å². The van der Waals surface area contributed by atoms with E-state index >= 15 is 0 Å². The minimum Gasteiger partial charge on any atom is -0.309 e. The second kappa shape index (κ2) is 4.20. The van der Waals surface area contributed by atoms with Crippen LogP contribution < -0.4 is 4.90 Å². The number of aryl methyl sites for hydroxylation is 2. The lowest BCUT2D eigenvalue weighted by atomic mass is 10.2. The fourth-order valence-corrected chi connectivity index (χ4v) is 2.69. The number of aromatic nitrogens is 2. The molecule has 1 amide bonds. The normalized spacial score (nSPS) is 20.9. The molecular weight excluding hydrogens is 270 g/mol. The molecule has 1 aromatic heterocycles. The Balaban J connectivity index is 2.34. The van der Waals surface area contributed by atoms with Crippen LogP contribution in [0.25, 0.3) is 0 Å². The zero-order valence-corrected chi connectivity index (χ0v) is 11.4. The van der Waals surface area contributed by atoms with E-state index < -0.39 is 0 Å². The number of alkyl halides is 1. The summed E-state index contributed by atoms with van der Waals surface area (Å²) in [4.78, 5) is 13.8. The summed E-state index contributed by atoms with van der Waals surface area (Å²) in [5.41, 5.74) is 2.99. The van der Waals surface area contributed by atoms with Crippen LogP contribution in [-0.4, -0.2) is 27.6 Å². The second-order valence-electron chi connectivity index (χ2n) is 4.37. The first-order valence-electron chi connectivity index (χ1n) is 5.41. The van der Waals surface area contributed by atoms with Crippen LogP contribution in [0, 0.1) is 19.8 Å². The van der Waals surface area contributed by atoms with E-state index in [2.05, 4.69) is 21.0 Å². The number of carbonyl (C=O) groups is 1. The summed E-state index contributed by atoms with van der Waals surface area (Å²) in [6.45, 7) is 4.76. The zero-order valence-electron chi connectivity index (χ0n) is 9.83. The van der Waals surface area contributed by atoms with Gasteiger partial charge in [0.2, 0.25) is 5.91 Å². The summed E-state index contributed by atoms with van der Waals surface area (Å²) in [6.07, 6.45) is 0.638. The Morgan fingerprint density at radius 1 is 1.50 bits per heavy atom. The van der Waals surface area contributed by atoms with Crippen molar-refractivity contribution >= 4 is 27.5 Å². The number of anilines is 1. The predicted octanol–water partition coefficient (Wildman–Crippen LogP) is 1.78. The highest BCUT2D eigenvalue weighted by atomic mass is 79.9. The number of hydrogen-bond acceptors (Lipinski definition) is 2. The molecule has 0 spiro atoms. The van der Waals surface area contributed by atoms with Crippen molar-refractivity contribution in [3.05, 3.63) is 11.4 Å². The van der Waals surface area contributed by atoms with Crippen molar-refractivity contribution in [3.8, 4) is 0 Å². The van der Waals surface area contributed by atoms with Crippen LogP contribution in [-0.2, 0) is 11.8 Å². The Kier molecular flexibility index (Phi) is 3.06. The lowest BCUT2D eigenvalue weighted by molar-refractivity contribution is -0.117. The number of rotatable bonds is 2. The predicted molar refractivity (Wildman–Crippen MR) is 66.9 cm³/mol. The van der Waals surface area contributed by atoms with E-state index in [1.807, 2.05) is 30.5 Å². The van der Waals surface area contributed by atoms with E-state index in [0.717, 1.165) is 29.0 Å². The first-order chi connectivity index (χ1) is 7.54. The molecule has 0 aromatic carbocycles. The fraction of sp³-hybridized carbons (Fsp3) is 0.636. The topological polar surface area (TPSA) is 38.1 Å². The van der Waals surface area contributed by atoms with Gasteiger partial charge in [-0.05, 0) is 19.8 Å². The molecule has 1 unspecified atom stereocenters. The van der Waals surface area contributed by atoms with Gasteiger partial charge in [0.25, 0.3) is 0 Å². The van der Waals surface area contributed by atoms with Gasteiger partial charge in [0.05, 0.1) is 17.1 Å². The van der Waals surface area contributed by atoms with Crippen molar-refractivity contribution in [3.63, 3.8) is 0 Å². The molecule has 1 aliphatic rings. The molecule has 0 N–H and O–H groups in total. The van der Waals surface area contributed by atoms with Crippen molar-refractivity contribution in [1.29, 1.82) is 0 Å². The van der Waals surface area contributed by atoms with Gasteiger partial charge >= 0.3 is 0 Å². The molecule has 4 nitrogen and oxygen atoms in total. The molecule has 1 saturated heterocycles. The van der Waals surface area contributed by atoms with E-state index in [4.69, 9.17) is 0 Å². The van der Waals surface area contributed by atoms with Crippen molar-refractivity contribution in [2.75, 3.05) is 16.8 Å². The van der Waals surface area contributed by atoms with Crippen molar-refractivity contribution in [2.45, 2.75) is 20.3 Å². The number of hydrogen-bond donors (Lipinski definition) is 0. The number of carbonyl (C=O) groups excluding carboxylic acids is 1. The lowest BCUT2D eigenvalue weighted by Crippen LogP contribution is -2.25. The molecule has 5 heteroatoms. The van der Waals surface area contributed by atoms with Crippen LogP contribution in [0.4, 0.5) is 5.69 Å². The third kappa shape index (κ3) is 1.77. The summed E-state index contributed by atoms with van der Waals surface area (Å²) in [5.74, 6) is 0.634. The van der Waals surface area contributed by atoms with Crippen molar-refractivity contribution in [2.24, 2.45) is 13.0 Å². The van der Waals surface area contributed by atoms with Crippen LogP contribution >= 0.6 is 15.9 Å². The first-order valence-corrected chi connectivity index (χ1v) is 6.53. The summed E-state index contributed by atoms with van der Waals surface area (Å²) >= 11 is 3.45. The third-order valence-electron chi connectivity index (χ3n) is 3.16. The molecule has 1 aromatic rings. The number of halogens is 1. The van der Waals surface area contributed by atoms with Gasteiger partial charge in [0.15, 0.2) is 0 Å².